The molecule has 0 radical (unpaired) electrons. The molecular formula is C22H28N2O4S. The molecule has 6 nitrogen and oxygen atoms in total. The van der Waals surface area contributed by atoms with Crippen molar-refractivity contribution < 1.29 is 17.9 Å². The summed E-state index contributed by atoms with van der Waals surface area (Å²) in [5.41, 5.74) is 1.50. The van der Waals surface area contributed by atoms with E-state index in [9.17, 15) is 13.2 Å². The van der Waals surface area contributed by atoms with E-state index in [2.05, 4.69) is 19.2 Å². The second-order valence-corrected chi connectivity index (χ2v) is 9.55. The van der Waals surface area contributed by atoms with Gasteiger partial charge in [-0.2, -0.15) is 4.31 Å². The first kappa shape index (κ1) is 21.5. The van der Waals surface area contributed by atoms with Crippen LogP contribution in [0, 0.1) is 5.92 Å². The Labute approximate surface area is 172 Å². The number of ether oxygens (including phenoxy) is 1. The molecule has 29 heavy (non-hydrogen) atoms. The van der Waals surface area contributed by atoms with Crippen LogP contribution in [-0.2, 0) is 14.8 Å². The smallest absolute Gasteiger partial charge is 0.251 e. The molecule has 0 spiro atoms. The zero-order valence-electron chi connectivity index (χ0n) is 16.9. The third-order valence-electron chi connectivity index (χ3n) is 4.94. The third kappa shape index (κ3) is 5.44. The van der Waals surface area contributed by atoms with Gasteiger partial charge in [0.05, 0.1) is 24.2 Å². The zero-order chi connectivity index (χ0) is 20.9. The highest BCUT2D eigenvalue weighted by atomic mass is 32.2. The summed E-state index contributed by atoms with van der Waals surface area (Å²) < 4.78 is 32.1. The van der Waals surface area contributed by atoms with E-state index in [-0.39, 0.29) is 16.8 Å². The van der Waals surface area contributed by atoms with Gasteiger partial charge in [0, 0.05) is 18.7 Å². The van der Waals surface area contributed by atoms with Gasteiger partial charge in [0.2, 0.25) is 10.0 Å². The molecule has 1 N–H and O–H groups in total. The Kier molecular flexibility index (Phi) is 7.05. The average Bonchev–Trinajstić information content (AvgIpc) is 2.74. The predicted molar refractivity (Wildman–Crippen MR) is 112 cm³/mol. The highest BCUT2D eigenvalue weighted by Gasteiger charge is 2.26. The van der Waals surface area contributed by atoms with Gasteiger partial charge in [0.15, 0.2) is 0 Å². The summed E-state index contributed by atoms with van der Waals surface area (Å²) in [5, 5.41) is 3.09. The molecule has 0 saturated carbocycles. The van der Waals surface area contributed by atoms with Crippen LogP contribution in [0.4, 0.5) is 0 Å². The largest absolute Gasteiger partial charge is 0.379 e. The lowest BCUT2D eigenvalue weighted by Gasteiger charge is -2.26. The second-order valence-electron chi connectivity index (χ2n) is 7.61. The number of nitrogens with one attached hydrogen (secondary N) is 1. The number of carbonyl (C=O) groups is 1. The van der Waals surface area contributed by atoms with E-state index >= 15 is 0 Å². The Morgan fingerprint density at radius 2 is 1.66 bits per heavy atom. The molecule has 1 heterocycles. The lowest BCUT2D eigenvalue weighted by molar-refractivity contribution is 0.0730. The van der Waals surface area contributed by atoms with Crippen molar-refractivity contribution in [2.75, 3.05) is 26.3 Å². The fraction of sp³-hybridized carbons (Fsp3) is 0.409. The number of sulfonamides is 1. The van der Waals surface area contributed by atoms with Crippen molar-refractivity contribution in [1.82, 2.24) is 9.62 Å². The summed E-state index contributed by atoms with van der Waals surface area (Å²) in [6.45, 7) is 5.73. The van der Waals surface area contributed by atoms with Crippen LogP contribution < -0.4 is 5.32 Å². The predicted octanol–water partition coefficient (Wildman–Crippen LogP) is 3.22. The molecule has 156 valence electrons. The molecule has 1 amide bonds. The van der Waals surface area contributed by atoms with Crippen molar-refractivity contribution in [1.29, 1.82) is 0 Å². The molecule has 1 saturated heterocycles. The van der Waals surface area contributed by atoms with Gasteiger partial charge >= 0.3 is 0 Å². The topological polar surface area (TPSA) is 75.7 Å². The van der Waals surface area contributed by atoms with Crippen LogP contribution in [0.2, 0.25) is 0 Å². The molecule has 1 aliphatic heterocycles. The van der Waals surface area contributed by atoms with Crippen molar-refractivity contribution in [3.8, 4) is 0 Å². The van der Waals surface area contributed by atoms with Gasteiger partial charge in [-0.3, -0.25) is 4.79 Å². The van der Waals surface area contributed by atoms with Gasteiger partial charge in [-0.05, 0) is 42.2 Å². The van der Waals surface area contributed by atoms with Gasteiger partial charge < -0.3 is 10.1 Å². The lowest BCUT2D eigenvalue weighted by atomic mass is 9.96. The molecule has 2 aromatic carbocycles. The molecule has 0 unspecified atom stereocenters. The molecule has 3 rings (SSSR count). The van der Waals surface area contributed by atoms with Crippen LogP contribution >= 0.6 is 0 Å². The maximum atomic E-state index is 12.8. The summed E-state index contributed by atoms with van der Waals surface area (Å²) in [4.78, 5) is 13.0. The van der Waals surface area contributed by atoms with E-state index in [4.69, 9.17) is 4.74 Å². The molecule has 0 aliphatic carbocycles. The highest BCUT2D eigenvalue weighted by Crippen LogP contribution is 2.22. The van der Waals surface area contributed by atoms with Gasteiger partial charge in [-0.1, -0.05) is 44.2 Å². The minimum atomic E-state index is -3.56. The summed E-state index contributed by atoms with van der Waals surface area (Å²) in [6.07, 6.45) is 0.819. The fourth-order valence-corrected chi connectivity index (χ4v) is 4.80. The summed E-state index contributed by atoms with van der Waals surface area (Å²) in [6, 6.07) is 15.9. The monoisotopic (exact) mass is 416 g/mol. The molecule has 0 bridgehead atoms. The highest BCUT2D eigenvalue weighted by molar-refractivity contribution is 7.89. The Hall–Kier alpha value is -2.22. The van der Waals surface area contributed by atoms with E-state index in [1.54, 1.807) is 12.1 Å². The number of morpholine rings is 1. The Morgan fingerprint density at radius 1 is 1.03 bits per heavy atom. The van der Waals surface area contributed by atoms with Crippen LogP contribution in [-0.4, -0.2) is 44.9 Å². The second kappa shape index (κ2) is 9.52. The van der Waals surface area contributed by atoms with E-state index < -0.39 is 10.0 Å². The van der Waals surface area contributed by atoms with E-state index in [1.165, 1.54) is 16.4 Å². The number of hydrogen-bond acceptors (Lipinski definition) is 4. The maximum Gasteiger partial charge on any atom is 0.251 e. The van der Waals surface area contributed by atoms with Crippen molar-refractivity contribution in [3.63, 3.8) is 0 Å². The average molecular weight is 417 g/mol. The molecule has 2 aromatic rings. The van der Waals surface area contributed by atoms with Crippen LogP contribution in [0.1, 0.15) is 42.2 Å². The summed E-state index contributed by atoms with van der Waals surface area (Å²) in [5.74, 6) is 0.205. The molecule has 1 fully saturated rings. The van der Waals surface area contributed by atoms with Crippen molar-refractivity contribution in [2.45, 2.75) is 31.2 Å². The fourth-order valence-electron chi connectivity index (χ4n) is 3.39. The number of amides is 1. The van der Waals surface area contributed by atoms with Gasteiger partial charge in [-0.15, -0.1) is 0 Å². The van der Waals surface area contributed by atoms with Crippen molar-refractivity contribution in [2.24, 2.45) is 5.92 Å². The minimum Gasteiger partial charge on any atom is -0.379 e. The summed E-state index contributed by atoms with van der Waals surface area (Å²) >= 11 is 0. The van der Waals surface area contributed by atoms with Crippen LogP contribution in [0.25, 0.3) is 0 Å². The molecule has 7 heteroatoms. The Bertz CT molecular complexity index is 906. The first-order valence-corrected chi connectivity index (χ1v) is 11.4. The molecule has 0 aromatic heterocycles. The zero-order valence-corrected chi connectivity index (χ0v) is 17.7. The van der Waals surface area contributed by atoms with Crippen LogP contribution in [0.15, 0.2) is 59.5 Å². The maximum absolute atomic E-state index is 12.8. The van der Waals surface area contributed by atoms with Crippen molar-refractivity contribution >= 4 is 15.9 Å². The Balaban J connectivity index is 1.73. The van der Waals surface area contributed by atoms with Crippen LogP contribution in [0.3, 0.4) is 0 Å². The van der Waals surface area contributed by atoms with E-state index in [0.29, 0.717) is 37.8 Å². The van der Waals surface area contributed by atoms with Gasteiger partial charge in [0.25, 0.3) is 5.91 Å². The normalized spacial score (nSPS) is 16.5. The first-order valence-electron chi connectivity index (χ1n) is 9.91. The number of benzene rings is 2. The van der Waals surface area contributed by atoms with E-state index in [0.717, 1.165) is 12.0 Å². The van der Waals surface area contributed by atoms with Crippen LogP contribution in [0.5, 0.6) is 0 Å². The number of rotatable bonds is 7. The number of nitrogens with zero attached hydrogens (tertiary/aromatic N) is 1. The minimum absolute atomic E-state index is 0.0968. The SMILES string of the molecule is CC(C)C[C@@H](NC(=O)c1ccc(S(=O)(=O)N2CCOCC2)cc1)c1ccccc1. The summed E-state index contributed by atoms with van der Waals surface area (Å²) in [7, 11) is -3.56. The Morgan fingerprint density at radius 3 is 2.24 bits per heavy atom. The number of carbonyl (C=O) groups excluding carboxylic acids is 1. The number of hydrogen-bond donors (Lipinski definition) is 1. The quantitative estimate of drug-likeness (QED) is 0.752. The molecular weight excluding hydrogens is 388 g/mol. The standard InChI is InChI=1S/C22H28N2O4S/c1-17(2)16-21(18-6-4-3-5-7-18)23-22(25)19-8-10-20(11-9-19)29(26,27)24-12-14-28-15-13-24/h3-11,17,21H,12-16H2,1-2H3,(H,23,25)/t21-/m1/s1. The van der Waals surface area contributed by atoms with Gasteiger partial charge in [0.1, 0.15) is 0 Å². The molecule has 1 aliphatic rings. The lowest BCUT2D eigenvalue weighted by Crippen LogP contribution is -2.40. The van der Waals surface area contributed by atoms with Crippen molar-refractivity contribution in [3.05, 3.63) is 65.7 Å². The third-order valence-corrected chi connectivity index (χ3v) is 6.85. The van der Waals surface area contributed by atoms with Gasteiger partial charge in [-0.25, -0.2) is 8.42 Å². The first-order chi connectivity index (χ1) is 13.9. The van der Waals surface area contributed by atoms with E-state index in [1.807, 2.05) is 30.3 Å². The molecule has 1 atom stereocenters.